The van der Waals surface area contributed by atoms with Gasteiger partial charge < -0.3 is 9.47 Å². The van der Waals surface area contributed by atoms with Crippen molar-refractivity contribution >= 4 is 0 Å². The van der Waals surface area contributed by atoms with Gasteiger partial charge in [-0.2, -0.15) is 0 Å². The predicted molar refractivity (Wildman–Crippen MR) is 46.7 cm³/mol. The van der Waals surface area contributed by atoms with Crippen LogP contribution in [-0.4, -0.2) is 25.6 Å². The van der Waals surface area contributed by atoms with Crippen LogP contribution in [0.1, 0.15) is 32.1 Å². The zero-order valence-corrected chi connectivity index (χ0v) is 7.91. The minimum Gasteiger partial charge on any atom is -0.350 e. The molecule has 1 aliphatic carbocycles. The van der Waals surface area contributed by atoms with Gasteiger partial charge >= 0.3 is 0 Å². The van der Waals surface area contributed by atoms with Crippen molar-refractivity contribution in [1.82, 2.24) is 0 Å². The molecule has 2 unspecified atom stereocenters. The maximum absolute atomic E-state index is 11.2. The summed E-state index contributed by atoms with van der Waals surface area (Å²) in [6.07, 6.45) is 4.66. The second kappa shape index (κ2) is 4.40. The van der Waals surface area contributed by atoms with E-state index >= 15 is 0 Å². The van der Waals surface area contributed by atoms with Gasteiger partial charge in [0.2, 0.25) is 0 Å². The van der Waals surface area contributed by atoms with E-state index in [-0.39, 0.29) is 0 Å². The molecule has 0 aromatic rings. The molecule has 0 N–H and O–H groups in total. The standard InChI is InChI=1S/C10H17O3/c11-9-5-6-12-10(9)13-7-8-3-1-2-4-8/h8-10H,1-7H2. The topological polar surface area (TPSA) is 38.4 Å². The van der Waals surface area contributed by atoms with E-state index in [1.165, 1.54) is 25.7 Å². The second-order valence-electron chi connectivity index (χ2n) is 4.05. The molecule has 1 heterocycles. The van der Waals surface area contributed by atoms with Gasteiger partial charge in [-0.1, -0.05) is 12.8 Å². The lowest BCUT2D eigenvalue weighted by Gasteiger charge is -2.16. The Morgan fingerprint density at radius 1 is 1.23 bits per heavy atom. The van der Waals surface area contributed by atoms with E-state index in [9.17, 15) is 5.11 Å². The second-order valence-corrected chi connectivity index (χ2v) is 4.05. The van der Waals surface area contributed by atoms with Gasteiger partial charge in [-0.25, -0.2) is 5.11 Å². The summed E-state index contributed by atoms with van der Waals surface area (Å²) in [6, 6.07) is 0. The number of hydrogen-bond donors (Lipinski definition) is 0. The molecule has 0 aromatic heterocycles. The molecule has 2 atom stereocenters. The number of ether oxygens (including phenoxy) is 2. The Morgan fingerprint density at radius 3 is 2.62 bits per heavy atom. The van der Waals surface area contributed by atoms with E-state index in [1.54, 1.807) is 0 Å². The molecule has 0 spiro atoms. The van der Waals surface area contributed by atoms with Crippen molar-refractivity contribution in [3.63, 3.8) is 0 Å². The first-order valence-electron chi connectivity index (χ1n) is 5.25. The summed E-state index contributed by atoms with van der Waals surface area (Å²) in [6.45, 7) is 1.30. The zero-order valence-electron chi connectivity index (χ0n) is 7.91. The van der Waals surface area contributed by atoms with Crippen molar-refractivity contribution < 1.29 is 14.6 Å². The largest absolute Gasteiger partial charge is 0.350 e. The highest BCUT2D eigenvalue weighted by molar-refractivity contribution is 4.70. The molecular formula is C10H17O3. The van der Waals surface area contributed by atoms with Gasteiger partial charge in [0, 0.05) is 6.42 Å². The first kappa shape index (κ1) is 9.44. The quantitative estimate of drug-likeness (QED) is 0.671. The van der Waals surface area contributed by atoms with Crippen LogP contribution >= 0.6 is 0 Å². The lowest BCUT2D eigenvalue weighted by atomic mass is 10.1. The third-order valence-electron chi connectivity index (χ3n) is 2.96. The number of rotatable bonds is 3. The monoisotopic (exact) mass is 185 g/mol. The van der Waals surface area contributed by atoms with Crippen LogP contribution < -0.4 is 0 Å². The molecule has 2 fully saturated rings. The summed E-state index contributed by atoms with van der Waals surface area (Å²) in [5.74, 6) is 0.677. The Kier molecular flexibility index (Phi) is 3.19. The van der Waals surface area contributed by atoms with Gasteiger partial charge in [0.1, 0.15) is 6.10 Å². The van der Waals surface area contributed by atoms with E-state index in [2.05, 4.69) is 0 Å². The van der Waals surface area contributed by atoms with Gasteiger partial charge in [0.15, 0.2) is 6.29 Å². The fourth-order valence-corrected chi connectivity index (χ4v) is 2.11. The van der Waals surface area contributed by atoms with Crippen molar-refractivity contribution in [1.29, 1.82) is 0 Å². The molecule has 0 aromatic carbocycles. The molecule has 75 valence electrons. The van der Waals surface area contributed by atoms with Crippen LogP contribution in [0.15, 0.2) is 0 Å². The van der Waals surface area contributed by atoms with Gasteiger partial charge in [-0.05, 0) is 18.8 Å². The maximum Gasteiger partial charge on any atom is 0.186 e. The van der Waals surface area contributed by atoms with Gasteiger partial charge in [0.25, 0.3) is 0 Å². The van der Waals surface area contributed by atoms with Crippen LogP contribution in [0.3, 0.4) is 0 Å². The van der Waals surface area contributed by atoms with Crippen molar-refractivity contribution in [3.8, 4) is 0 Å². The molecule has 3 heteroatoms. The maximum atomic E-state index is 11.2. The SMILES string of the molecule is [O]C1CCOC1OCC1CCCC1. The third-order valence-corrected chi connectivity index (χ3v) is 2.96. The Bertz CT molecular complexity index is 154. The van der Waals surface area contributed by atoms with Crippen molar-refractivity contribution in [2.75, 3.05) is 13.2 Å². The summed E-state index contributed by atoms with van der Waals surface area (Å²) in [4.78, 5) is 0. The average molecular weight is 185 g/mol. The summed E-state index contributed by atoms with van der Waals surface area (Å²) in [5, 5.41) is 11.2. The van der Waals surface area contributed by atoms with E-state index in [0.717, 1.165) is 6.61 Å². The molecule has 2 rings (SSSR count). The minimum atomic E-state index is -0.651. The van der Waals surface area contributed by atoms with E-state index in [1.807, 2.05) is 0 Å². The lowest BCUT2D eigenvalue weighted by Crippen LogP contribution is -2.25. The third kappa shape index (κ3) is 2.42. The molecule has 1 saturated heterocycles. The Labute approximate surface area is 79.0 Å². The fourth-order valence-electron chi connectivity index (χ4n) is 2.11. The van der Waals surface area contributed by atoms with Crippen LogP contribution in [0.5, 0.6) is 0 Å². The predicted octanol–water partition coefficient (Wildman–Crippen LogP) is 1.74. The molecule has 1 saturated carbocycles. The summed E-state index contributed by atoms with van der Waals surface area (Å²) < 4.78 is 10.7. The average Bonchev–Trinajstić information content (AvgIpc) is 2.72. The highest BCUT2D eigenvalue weighted by atomic mass is 16.7. The van der Waals surface area contributed by atoms with Gasteiger partial charge in [-0.3, -0.25) is 0 Å². The normalized spacial score (nSPS) is 35.8. The van der Waals surface area contributed by atoms with Crippen LogP contribution in [0.2, 0.25) is 0 Å². The Morgan fingerprint density at radius 2 is 2.00 bits per heavy atom. The van der Waals surface area contributed by atoms with E-state index in [4.69, 9.17) is 9.47 Å². The van der Waals surface area contributed by atoms with Crippen molar-refractivity contribution in [3.05, 3.63) is 0 Å². The Hall–Kier alpha value is -0.120. The molecule has 0 bridgehead atoms. The number of hydrogen-bond acceptors (Lipinski definition) is 2. The molecule has 13 heavy (non-hydrogen) atoms. The minimum absolute atomic E-state index is 0.458. The Balaban J connectivity index is 1.66. The lowest BCUT2D eigenvalue weighted by molar-refractivity contribution is -0.169. The van der Waals surface area contributed by atoms with E-state index in [0.29, 0.717) is 18.9 Å². The van der Waals surface area contributed by atoms with Crippen LogP contribution in [0, 0.1) is 5.92 Å². The molecule has 3 nitrogen and oxygen atoms in total. The van der Waals surface area contributed by atoms with Crippen LogP contribution in [-0.2, 0) is 14.6 Å². The van der Waals surface area contributed by atoms with Crippen LogP contribution in [0.25, 0.3) is 0 Å². The molecule has 1 radical (unpaired) electrons. The highest BCUT2D eigenvalue weighted by Gasteiger charge is 2.29. The summed E-state index contributed by atoms with van der Waals surface area (Å²) in [7, 11) is 0. The summed E-state index contributed by atoms with van der Waals surface area (Å²) >= 11 is 0. The zero-order chi connectivity index (χ0) is 9.10. The van der Waals surface area contributed by atoms with Gasteiger partial charge in [0.05, 0.1) is 13.2 Å². The highest BCUT2D eigenvalue weighted by Crippen LogP contribution is 2.26. The first-order valence-corrected chi connectivity index (χ1v) is 5.25. The molecule has 2 aliphatic rings. The van der Waals surface area contributed by atoms with Crippen molar-refractivity contribution in [2.24, 2.45) is 5.92 Å². The van der Waals surface area contributed by atoms with Crippen molar-refractivity contribution in [2.45, 2.75) is 44.5 Å². The smallest absolute Gasteiger partial charge is 0.186 e. The fraction of sp³-hybridized carbons (Fsp3) is 1.00. The molecule has 0 amide bonds. The van der Waals surface area contributed by atoms with E-state index < -0.39 is 12.4 Å². The molecular weight excluding hydrogens is 168 g/mol. The van der Waals surface area contributed by atoms with Crippen LogP contribution in [0.4, 0.5) is 0 Å². The molecule has 1 aliphatic heterocycles. The van der Waals surface area contributed by atoms with Gasteiger partial charge in [-0.15, -0.1) is 0 Å². The first-order chi connectivity index (χ1) is 6.36. The summed E-state index contributed by atoms with van der Waals surface area (Å²) in [5.41, 5.74) is 0.